The van der Waals surface area contributed by atoms with E-state index in [0.29, 0.717) is 5.56 Å². The van der Waals surface area contributed by atoms with E-state index in [4.69, 9.17) is 14.2 Å². The van der Waals surface area contributed by atoms with Gasteiger partial charge >= 0.3 is 0 Å². The zero-order valence-electron chi connectivity index (χ0n) is 13.5. The second-order valence-electron chi connectivity index (χ2n) is 5.78. The molecule has 0 saturated carbocycles. The van der Waals surface area contributed by atoms with Crippen LogP contribution < -0.4 is 14.2 Å². The molecular formula is C19H20O4. The lowest BCUT2D eigenvalue weighted by atomic mass is 9.83. The van der Waals surface area contributed by atoms with Crippen LogP contribution in [0, 0.1) is 5.92 Å². The molecule has 1 aliphatic rings. The van der Waals surface area contributed by atoms with Gasteiger partial charge in [-0.25, -0.2) is 0 Å². The van der Waals surface area contributed by atoms with Gasteiger partial charge in [0.2, 0.25) is 6.79 Å². The van der Waals surface area contributed by atoms with Crippen molar-refractivity contribution in [1.29, 1.82) is 0 Å². The molecule has 0 amide bonds. The molecule has 0 aromatic heterocycles. The molecule has 2 atom stereocenters. The number of fused-ring (bicyclic) bond motifs is 1. The molecule has 23 heavy (non-hydrogen) atoms. The van der Waals surface area contributed by atoms with E-state index >= 15 is 0 Å². The molecule has 0 N–H and O–H groups in total. The van der Waals surface area contributed by atoms with Crippen LogP contribution >= 0.6 is 0 Å². The maximum Gasteiger partial charge on any atom is 0.231 e. The summed E-state index contributed by atoms with van der Waals surface area (Å²) in [5.74, 6) is 2.33. The SMILES string of the molecule is COc1ccc(C(=O)C(C)C(C)c2ccc3c(c2)OCO3)cc1. The molecule has 0 saturated heterocycles. The second kappa shape index (κ2) is 6.32. The Morgan fingerprint density at radius 3 is 2.43 bits per heavy atom. The zero-order valence-corrected chi connectivity index (χ0v) is 13.5. The third kappa shape index (κ3) is 3.02. The van der Waals surface area contributed by atoms with Crippen molar-refractivity contribution in [3.63, 3.8) is 0 Å². The van der Waals surface area contributed by atoms with Gasteiger partial charge in [-0.05, 0) is 47.9 Å². The van der Waals surface area contributed by atoms with Crippen LogP contribution in [-0.2, 0) is 0 Å². The Kier molecular flexibility index (Phi) is 4.24. The fourth-order valence-electron chi connectivity index (χ4n) is 2.73. The van der Waals surface area contributed by atoms with Gasteiger partial charge in [0.05, 0.1) is 7.11 Å². The lowest BCUT2D eigenvalue weighted by Gasteiger charge is -2.20. The predicted octanol–water partition coefficient (Wildman–Crippen LogP) is 4.05. The number of hydrogen-bond acceptors (Lipinski definition) is 4. The van der Waals surface area contributed by atoms with E-state index in [-0.39, 0.29) is 24.4 Å². The molecule has 2 aromatic rings. The van der Waals surface area contributed by atoms with Gasteiger partial charge < -0.3 is 14.2 Å². The van der Waals surface area contributed by atoms with Crippen LogP contribution in [0.5, 0.6) is 17.2 Å². The third-order valence-electron chi connectivity index (χ3n) is 4.46. The van der Waals surface area contributed by atoms with Crippen molar-refractivity contribution in [2.75, 3.05) is 13.9 Å². The Morgan fingerprint density at radius 1 is 1.04 bits per heavy atom. The van der Waals surface area contributed by atoms with Gasteiger partial charge in [-0.3, -0.25) is 4.79 Å². The van der Waals surface area contributed by atoms with Crippen molar-refractivity contribution in [2.24, 2.45) is 5.92 Å². The number of ether oxygens (including phenoxy) is 3. The largest absolute Gasteiger partial charge is 0.497 e. The Balaban J connectivity index is 1.78. The number of methoxy groups -OCH3 is 1. The van der Waals surface area contributed by atoms with Crippen LogP contribution in [0.3, 0.4) is 0 Å². The monoisotopic (exact) mass is 312 g/mol. The minimum Gasteiger partial charge on any atom is -0.497 e. The minimum atomic E-state index is -0.135. The second-order valence-corrected chi connectivity index (χ2v) is 5.78. The minimum absolute atomic E-state index is 0.0825. The summed E-state index contributed by atoms with van der Waals surface area (Å²) in [5.41, 5.74) is 1.77. The lowest BCUT2D eigenvalue weighted by Crippen LogP contribution is -2.17. The highest BCUT2D eigenvalue weighted by molar-refractivity contribution is 5.98. The first-order valence-corrected chi connectivity index (χ1v) is 7.68. The van der Waals surface area contributed by atoms with Gasteiger partial charge in [-0.1, -0.05) is 19.9 Å². The third-order valence-corrected chi connectivity index (χ3v) is 4.46. The number of rotatable bonds is 5. The Bertz CT molecular complexity index is 706. The van der Waals surface area contributed by atoms with E-state index in [2.05, 4.69) is 6.92 Å². The molecule has 3 rings (SSSR count). The summed E-state index contributed by atoms with van der Waals surface area (Å²) in [5, 5.41) is 0. The summed E-state index contributed by atoms with van der Waals surface area (Å²) in [6, 6.07) is 13.1. The maximum absolute atomic E-state index is 12.7. The molecule has 4 nitrogen and oxygen atoms in total. The predicted molar refractivity (Wildman–Crippen MR) is 87.5 cm³/mol. The maximum atomic E-state index is 12.7. The molecule has 120 valence electrons. The molecule has 1 heterocycles. The van der Waals surface area contributed by atoms with Gasteiger partial charge in [0.25, 0.3) is 0 Å². The number of benzene rings is 2. The number of ketones is 1. The molecule has 0 bridgehead atoms. The summed E-state index contributed by atoms with van der Waals surface area (Å²) in [6.45, 7) is 4.28. The summed E-state index contributed by atoms with van der Waals surface area (Å²) in [7, 11) is 1.61. The van der Waals surface area contributed by atoms with E-state index < -0.39 is 0 Å². The van der Waals surface area contributed by atoms with Crippen molar-refractivity contribution < 1.29 is 19.0 Å². The van der Waals surface area contributed by atoms with E-state index in [1.165, 1.54) is 0 Å². The van der Waals surface area contributed by atoms with Crippen LogP contribution in [0.4, 0.5) is 0 Å². The standard InChI is InChI=1S/C19H20O4/c1-12(15-6-9-17-18(10-15)23-11-22-17)13(2)19(20)14-4-7-16(21-3)8-5-14/h4-10,12-13H,11H2,1-3H3. The fraction of sp³-hybridized carbons (Fsp3) is 0.316. The quantitative estimate of drug-likeness (QED) is 0.781. The molecule has 4 heteroatoms. The van der Waals surface area contributed by atoms with E-state index in [1.54, 1.807) is 7.11 Å². The van der Waals surface area contributed by atoms with Crippen molar-refractivity contribution in [1.82, 2.24) is 0 Å². The molecule has 0 radical (unpaired) electrons. The van der Waals surface area contributed by atoms with Gasteiger partial charge in [0.15, 0.2) is 17.3 Å². The molecule has 2 unspecified atom stereocenters. The van der Waals surface area contributed by atoms with Crippen LogP contribution in [0.25, 0.3) is 0 Å². The molecule has 0 spiro atoms. The fourth-order valence-corrected chi connectivity index (χ4v) is 2.73. The highest BCUT2D eigenvalue weighted by Gasteiger charge is 2.24. The lowest BCUT2D eigenvalue weighted by molar-refractivity contribution is 0.0915. The highest BCUT2D eigenvalue weighted by atomic mass is 16.7. The van der Waals surface area contributed by atoms with Crippen LogP contribution in [0.1, 0.15) is 35.7 Å². The van der Waals surface area contributed by atoms with Gasteiger partial charge in [-0.2, -0.15) is 0 Å². The van der Waals surface area contributed by atoms with Crippen LogP contribution in [0.15, 0.2) is 42.5 Å². The summed E-state index contributed by atoms with van der Waals surface area (Å²) < 4.78 is 15.9. The van der Waals surface area contributed by atoms with E-state index in [0.717, 1.165) is 22.8 Å². The number of carbonyl (C=O) groups excluding carboxylic acids is 1. The average molecular weight is 312 g/mol. The van der Waals surface area contributed by atoms with Crippen LogP contribution in [-0.4, -0.2) is 19.7 Å². The molecular weight excluding hydrogens is 292 g/mol. The summed E-state index contributed by atoms with van der Waals surface area (Å²) in [4.78, 5) is 12.7. The highest BCUT2D eigenvalue weighted by Crippen LogP contribution is 2.37. The molecule has 1 aliphatic heterocycles. The summed E-state index contributed by atoms with van der Waals surface area (Å²) >= 11 is 0. The first kappa shape index (κ1) is 15.4. The molecule has 0 aliphatic carbocycles. The van der Waals surface area contributed by atoms with Gasteiger partial charge in [0, 0.05) is 11.5 Å². The molecule has 2 aromatic carbocycles. The van der Waals surface area contributed by atoms with Crippen molar-refractivity contribution >= 4 is 5.78 Å². The Labute approximate surface area is 136 Å². The van der Waals surface area contributed by atoms with Crippen molar-refractivity contribution in [3.8, 4) is 17.2 Å². The first-order chi connectivity index (χ1) is 11.1. The Hall–Kier alpha value is -2.49. The van der Waals surface area contributed by atoms with E-state index in [9.17, 15) is 4.79 Å². The topological polar surface area (TPSA) is 44.8 Å². The number of carbonyl (C=O) groups is 1. The normalized spacial score (nSPS) is 15.1. The smallest absolute Gasteiger partial charge is 0.231 e. The summed E-state index contributed by atoms with van der Waals surface area (Å²) in [6.07, 6.45) is 0. The number of Topliss-reactive ketones (excluding diaryl/α,β-unsaturated/α-hetero) is 1. The average Bonchev–Trinajstić information content (AvgIpc) is 3.07. The number of hydrogen-bond donors (Lipinski definition) is 0. The van der Waals surface area contributed by atoms with Crippen LogP contribution in [0.2, 0.25) is 0 Å². The Morgan fingerprint density at radius 2 is 1.74 bits per heavy atom. The first-order valence-electron chi connectivity index (χ1n) is 7.68. The van der Waals surface area contributed by atoms with Gasteiger partial charge in [0.1, 0.15) is 5.75 Å². The van der Waals surface area contributed by atoms with Gasteiger partial charge in [-0.15, -0.1) is 0 Å². The van der Waals surface area contributed by atoms with Crippen molar-refractivity contribution in [2.45, 2.75) is 19.8 Å². The van der Waals surface area contributed by atoms with E-state index in [1.807, 2.05) is 49.4 Å². The molecule has 0 fully saturated rings. The van der Waals surface area contributed by atoms with Crippen molar-refractivity contribution in [3.05, 3.63) is 53.6 Å². The zero-order chi connectivity index (χ0) is 16.4.